The summed E-state index contributed by atoms with van der Waals surface area (Å²) in [6.45, 7) is 3.82. The monoisotopic (exact) mass is 527 g/mol. The normalized spacial score (nSPS) is 15.7. The molecule has 6 rings (SSSR count). The molecule has 1 saturated heterocycles. The van der Waals surface area contributed by atoms with E-state index in [1.165, 1.54) is 16.8 Å². The zero-order chi connectivity index (χ0) is 25.7. The summed E-state index contributed by atoms with van der Waals surface area (Å²) in [7, 11) is -1.54. The molecule has 0 unspecified atom stereocenters. The first-order chi connectivity index (χ1) is 17.9. The molecule has 192 valence electrons. The third-order valence-electron chi connectivity index (χ3n) is 6.49. The number of fused-ring (bicyclic) bond motifs is 3. The van der Waals surface area contributed by atoms with E-state index < -0.39 is 22.4 Å². The van der Waals surface area contributed by atoms with Gasteiger partial charge in [0.2, 0.25) is 11.8 Å². The Morgan fingerprint density at radius 3 is 2.62 bits per heavy atom. The maximum atomic E-state index is 14.4. The Labute approximate surface area is 212 Å². The predicted molar refractivity (Wildman–Crippen MR) is 134 cm³/mol. The molecule has 1 aliphatic heterocycles. The smallest absolute Gasteiger partial charge is 0.225 e. The van der Waals surface area contributed by atoms with Crippen molar-refractivity contribution in [2.45, 2.75) is 11.4 Å². The summed E-state index contributed by atoms with van der Waals surface area (Å²) in [4.78, 5) is 17.7. The van der Waals surface area contributed by atoms with Crippen LogP contribution in [-0.2, 0) is 17.3 Å². The molecular formula is C23H23F2N9O2S. The van der Waals surface area contributed by atoms with Gasteiger partial charge in [0.25, 0.3) is 0 Å². The molecule has 11 nitrogen and oxygen atoms in total. The third-order valence-corrected chi connectivity index (χ3v) is 7.42. The van der Waals surface area contributed by atoms with Crippen LogP contribution in [0.2, 0.25) is 0 Å². The van der Waals surface area contributed by atoms with E-state index in [1.54, 1.807) is 24.7 Å². The van der Waals surface area contributed by atoms with Crippen molar-refractivity contribution in [2.75, 3.05) is 49.6 Å². The topological polar surface area (TPSA) is 124 Å². The average Bonchev–Trinajstić information content (AvgIpc) is 3.63. The standard InChI is InChI=1S/C23H23F2N9O2S/c1-37(35)18-12-16(14(24)11-15(18)25)32-7-4-31(5-8-32)6-9-33-13-27-19-21(33)29-23(26)34-22(19)28-20(30-34)17-3-2-10-36-17/h2-3,10-13H,4-9H2,1H3,(H2,26,29)/t37-/m1/s1. The Bertz CT molecular complexity index is 1620. The summed E-state index contributed by atoms with van der Waals surface area (Å²) in [5.41, 5.74) is 8.13. The van der Waals surface area contributed by atoms with Gasteiger partial charge < -0.3 is 19.6 Å². The molecule has 1 aliphatic rings. The van der Waals surface area contributed by atoms with Crippen molar-refractivity contribution >= 4 is 39.2 Å². The Kier molecular flexibility index (Phi) is 5.83. The molecule has 0 radical (unpaired) electrons. The number of nitrogens with zero attached hydrogens (tertiary/aromatic N) is 8. The number of benzene rings is 1. The molecule has 0 bridgehead atoms. The molecule has 1 fully saturated rings. The maximum absolute atomic E-state index is 14.4. The first kappa shape index (κ1) is 23.5. The Morgan fingerprint density at radius 1 is 1.08 bits per heavy atom. The highest BCUT2D eigenvalue weighted by Gasteiger charge is 2.23. The minimum atomic E-state index is -1.54. The molecule has 5 heterocycles. The van der Waals surface area contributed by atoms with Crippen molar-refractivity contribution in [3.05, 3.63) is 48.5 Å². The first-order valence-electron chi connectivity index (χ1n) is 11.6. The lowest BCUT2D eigenvalue weighted by atomic mass is 10.2. The van der Waals surface area contributed by atoms with E-state index in [0.717, 1.165) is 6.07 Å². The van der Waals surface area contributed by atoms with E-state index >= 15 is 0 Å². The summed E-state index contributed by atoms with van der Waals surface area (Å²) in [5, 5.41) is 4.39. The van der Waals surface area contributed by atoms with E-state index in [1.807, 2.05) is 9.47 Å². The second-order valence-electron chi connectivity index (χ2n) is 8.75. The summed E-state index contributed by atoms with van der Waals surface area (Å²) >= 11 is 0. The van der Waals surface area contributed by atoms with Crippen molar-refractivity contribution in [3.8, 4) is 11.6 Å². The van der Waals surface area contributed by atoms with Gasteiger partial charge in [-0.3, -0.25) is 9.11 Å². The Hall–Kier alpha value is -3.91. The summed E-state index contributed by atoms with van der Waals surface area (Å²) in [6, 6.07) is 5.69. The highest BCUT2D eigenvalue weighted by molar-refractivity contribution is 7.84. The van der Waals surface area contributed by atoms with E-state index in [9.17, 15) is 13.0 Å². The molecule has 0 spiro atoms. The maximum Gasteiger partial charge on any atom is 0.225 e. The number of nitrogen functional groups attached to an aromatic ring is 1. The Morgan fingerprint density at radius 2 is 1.89 bits per heavy atom. The van der Waals surface area contributed by atoms with Crippen molar-refractivity contribution in [1.82, 2.24) is 34.0 Å². The summed E-state index contributed by atoms with van der Waals surface area (Å²) < 4.78 is 48.9. The van der Waals surface area contributed by atoms with Gasteiger partial charge in [-0.25, -0.2) is 18.7 Å². The van der Waals surface area contributed by atoms with Gasteiger partial charge in [0, 0.05) is 51.6 Å². The SMILES string of the molecule is C[S@@](=O)c1cc(N2CCN(CCn3cnc4c3nc(N)n3nc(-c5ccco5)nc43)CC2)c(F)cc1F. The van der Waals surface area contributed by atoms with E-state index in [2.05, 4.69) is 25.0 Å². The van der Waals surface area contributed by atoms with Crippen molar-refractivity contribution in [1.29, 1.82) is 0 Å². The van der Waals surface area contributed by atoms with Crippen LogP contribution in [0, 0.1) is 11.6 Å². The molecule has 1 aromatic carbocycles. The van der Waals surface area contributed by atoms with Crippen molar-refractivity contribution in [3.63, 3.8) is 0 Å². The number of rotatable bonds is 6. The Balaban J connectivity index is 1.16. The van der Waals surface area contributed by atoms with Gasteiger partial charge in [-0.1, -0.05) is 0 Å². The van der Waals surface area contributed by atoms with Crippen LogP contribution >= 0.6 is 0 Å². The fourth-order valence-corrected chi connectivity index (χ4v) is 5.16. The highest BCUT2D eigenvalue weighted by Crippen LogP contribution is 2.27. The number of furan rings is 1. The molecule has 0 aliphatic carbocycles. The number of aromatic nitrogens is 6. The number of halogens is 2. The van der Waals surface area contributed by atoms with Crippen molar-refractivity contribution < 1.29 is 17.4 Å². The number of hydrogen-bond acceptors (Lipinski definition) is 9. The molecule has 2 N–H and O–H groups in total. The average molecular weight is 528 g/mol. The molecular weight excluding hydrogens is 504 g/mol. The second kappa shape index (κ2) is 9.19. The van der Waals surface area contributed by atoms with E-state index in [-0.39, 0.29) is 16.5 Å². The molecule has 0 amide bonds. The van der Waals surface area contributed by atoms with Gasteiger partial charge in [-0.05, 0) is 18.2 Å². The minimum Gasteiger partial charge on any atom is -0.461 e. The number of hydrogen-bond donors (Lipinski definition) is 1. The van der Waals surface area contributed by atoms with Crippen LogP contribution in [0.1, 0.15) is 0 Å². The van der Waals surface area contributed by atoms with Crippen LogP contribution in [0.3, 0.4) is 0 Å². The van der Waals surface area contributed by atoms with Crippen LogP contribution in [-0.4, -0.2) is 77.2 Å². The van der Waals surface area contributed by atoms with Gasteiger partial charge in [0.05, 0.1) is 34.0 Å². The zero-order valence-electron chi connectivity index (χ0n) is 19.8. The van der Waals surface area contributed by atoms with Crippen LogP contribution < -0.4 is 10.6 Å². The van der Waals surface area contributed by atoms with E-state index in [0.29, 0.717) is 67.7 Å². The summed E-state index contributed by atoms with van der Waals surface area (Å²) in [6.07, 6.45) is 4.63. The third kappa shape index (κ3) is 4.21. The molecule has 14 heteroatoms. The van der Waals surface area contributed by atoms with Crippen LogP contribution in [0.25, 0.3) is 28.4 Å². The molecule has 4 aromatic heterocycles. The van der Waals surface area contributed by atoms with Crippen LogP contribution in [0.15, 0.2) is 46.2 Å². The van der Waals surface area contributed by atoms with Gasteiger partial charge in [0.1, 0.15) is 11.6 Å². The highest BCUT2D eigenvalue weighted by atomic mass is 32.2. The van der Waals surface area contributed by atoms with Gasteiger partial charge >= 0.3 is 0 Å². The predicted octanol–water partition coefficient (Wildman–Crippen LogP) is 2.15. The number of piperazine rings is 1. The van der Waals surface area contributed by atoms with E-state index in [4.69, 9.17) is 10.2 Å². The fourth-order valence-electron chi connectivity index (χ4n) is 4.55. The molecule has 1 atom stereocenters. The fraction of sp³-hybridized carbons (Fsp3) is 0.304. The minimum absolute atomic E-state index is 0.00986. The molecule has 5 aromatic rings. The number of imidazole rings is 1. The first-order valence-corrected chi connectivity index (χ1v) is 13.2. The molecule has 0 saturated carbocycles. The number of nitrogens with two attached hydrogens (primary N) is 1. The second-order valence-corrected chi connectivity index (χ2v) is 10.1. The van der Waals surface area contributed by atoms with Crippen molar-refractivity contribution in [2.24, 2.45) is 0 Å². The quantitative estimate of drug-likeness (QED) is 0.354. The number of anilines is 2. The van der Waals surface area contributed by atoms with Crippen LogP contribution in [0.5, 0.6) is 0 Å². The van der Waals surface area contributed by atoms with Gasteiger partial charge in [0.15, 0.2) is 22.6 Å². The van der Waals surface area contributed by atoms with Gasteiger partial charge in [-0.2, -0.15) is 9.50 Å². The van der Waals surface area contributed by atoms with Gasteiger partial charge in [-0.15, -0.1) is 5.10 Å². The lowest BCUT2D eigenvalue weighted by molar-refractivity contribution is 0.248. The lowest BCUT2D eigenvalue weighted by Crippen LogP contribution is -2.47. The largest absolute Gasteiger partial charge is 0.461 e. The summed E-state index contributed by atoms with van der Waals surface area (Å²) in [5.74, 6) is -0.327. The molecule has 37 heavy (non-hydrogen) atoms. The van der Waals surface area contributed by atoms with Crippen LogP contribution in [0.4, 0.5) is 20.4 Å². The lowest BCUT2D eigenvalue weighted by Gasteiger charge is -2.36. The zero-order valence-corrected chi connectivity index (χ0v) is 20.7.